The number of piperazine rings is 1. The van der Waals surface area contributed by atoms with E-state index in [1.165, 1.54) is 22.0 Å². The first-order valence-corrected chi connectivity index (χ1v) is 11.4. The normalized spacial score (nSPS) is 15.9. The Bertz CT molecular complexity index is 1030. The second-order valence-corrected chi connectivity index (χ2v) is 8.29. The number of hydrogen-bond donors (Lipinski definition) is 1. The Morgan fingerprint density at radius 3 is 2.58 bits per heavy atom. The molecule has 1 aliphatic heterocycles. The number of aromatic nitrogens is 1. The number of hydrogen-bond acceptors (Lipinski definition) is 3. The first-order chi connectivity index (χ1) is 15.1. The Hall–Kier alpha value is -2.79. The van der Waals surface area contributed by atoms with Crippen LogP contribution in [0.5, 0.6) is 5.75 Å². The van der Waals surface area contributed by atoms with Crippen molar-refractivity contribution in [2.75, 3.05) is 39.8 Å². The lowest BCUT2D eigenvalue weighted by molar-refractivity contribution is -0.133. The van der Waals surface area contributed by atoms with Crippen LogP contribution in [0.15, 0.2) is 48.7 Å². The van der Waals surface area contributed by atoms with Gasteiger partial charge < -0.3 is 19.5 Å². The van der Waals surface area contributed by atoms with Gasteiger partial charge in [-0.15, -0.1) is 0 Å². The summed E-state index contributed by atoms with van der Waals surface area (Å²) in [4.78, 5) is 21.3. The van der Waals surface area contributed by atoms with E-state index in [-0.39, 0.29) is 11.8 Å². The third-order valence-corrected chi connectivity index (χ3v) is 6.64. The van der Waals surface area contributed by atoms with Crippen molar-refractivity contribution in [3.8, 4) is 5.75 Å². The summed E-state index contributed by atoms with van der Waals surface area (Å²) >= 11 is 0. The lowest BCUT2D eigenvalue weighted by atomic mass is 9.87. The lowest BCUT2D eigenvalue weighted by Gasteiger charge is -2.35. The second kappa shape index (κ2) is 9.56. The molecule has 1 amide bonds. The van der Waals surface area contributed by atoms with Gasteiger partial charge in [-0.05, 0) is 41.8 Å². The van der Waals surface area contributed by atoms with Gasteiger partial charge in [-0.25, -0.2) is 0 Å². The quantitative estimate of drug-likeness (QED) is 0.617. The third-order valence-electron chi connectivity index (χ3n) is 6.64. The van der Waals surface area contributed by atoms with Gasteiger partial charge in [-0.3, -0.25) is 4.79 Å². The molecule has 0 radical (unpaired) electrons. The Balaban J connectivity index is 1.68. The van der Waals surface area contributed by atoms with Gasteiger partial charge in [-0.1, -0.05) is 44.2 Å². The van der Waals surface area contributed by atoms with Crippen molar-refractivity contribution in [3.05, 3.63) is 65.4 Å². The topological polar surface area (TPSA) is 48.6 Å². The summed E-state index contributed by atoms with van der Waals surface area (Å²) in [5.74, 6) is 1.03. The molecule has 3 aromatic rings. The van der Waals surface area contributed by atoms with Crippen LogP contribution in [-0.4, -0.2) is 60.5 Å². The van der Waals surface area contributed by atoms with Crippen molar-refractivity contribution in [1.82, 2.24) is 14.8 Å². The van der Waals surface area contributed by atoms with E-state index in [1.807, 2.05) is 17.0 Å². The highest BCUT2D eigenvalue weighted by Gasteiger charge is 2.27. The maximum atomic E-state index is 13.4. The zero-order valence-electron chi connectivity index (χ0n) is 18.9. The van der Waals surface area contributed by atoms with Crippen LogP contribution >= 0.6 is 0 Å². The third kappa shape index (κ3) is 4.47. The molecule has 1 aliphatic rings. The van der Waals surface area contributed by atoms with Gasteiger partial charge in [-0.2, -0.15) is 0 Å². The first kappa shape index (κ1) is 21.4. The number of carbonyl (C=O) groups is 1. The van der Waals surface area contributed by atoms with E-state index in [0.29, 0.717) is 6.42 Å². The fourth-order valence-corrected chi connectivity index (χ4v) is 4.70. The summed E-state index contributed by atoms with van der Waals surface area (Å²) < 4.78 is 5.48. The predicted octanol–water partition coefficient (Wildman–Crippen LogP) is 4.43. The number of rotatable bonds is 7. The number of aryl methyl sites for hydroxylation is 1. The summed E-state index contributed by atoms with van der Waals surface area (Å²) in [5.41, 5.74) is 4.77. The average molecular weight is 420 g/mol. The number of benzene rings is 2. The number of methoxy groups -OCH3 is 1. The van der Waals surface area contributed by atoms with E-state index < -0.39 is 0 Å². The largest absolute Gasteiger partial charge is 0.497 e. The number of amides is 1. The van der Waals surface area contributed by atoms with Crippen molar-refractivity contribution in [3.63, 3.8) is 0 Å². The van der Waals surface area contributed by atoms with Crippen LogP contribution in [0.3, 0.4) is 0 Å². The summed E-state index contributed by atoms with van der Waals surface area (Å²) in [6.45, 7) is 8.94. The van der Waals surface area contributed by atoms with Crippen LogP contribution in [0, 0.1) is 0 Å². The van der Waals surface area contributed by atoms with Crippen molar-refractivity contribution >= 4 is 16.8 Å². The number of H-pyrrole nitrogens is 1. The van der Waals surface area contributed by atoms with Gasteiger partial charge in [0, 0.05) is 55.6 Å². The molecule has 0 spiro atoms. The van der Waals surface area contributed by atoms with Crippen molar-refractivity contribution < 1.29 is 9.53 Å². The van der Waals surface area contributed by atoms with Crippen LogP contribution in [0.2, 0.25) is 0 Å². The number of aromatic amines is 1. The molecule has 1 aromatic heterocycles. The summed E-state index contributed by atoms with van der Waals surface area (Å²) in [6.07, 6.45) is 3.53. The van der Waals surface area contributed by atoms with Crippen molar-refractivity contribution in [1.29, 1.82) is 0 Å². The molecule has 2 heterocycles. The number of likely N-dealkylation sites (N-methyl/N-ethyl adjacent to an activating group) is 1. The molecule has 0 bridgehead atoms. The number of ether oxygens (including phenoxy) is 1. The molecule has 4 rings (SSSR count). The number of carbonyl (C=O) groups excluding carboxylic acids is 1. The molecule has 5 heteroatoms. The van der Waals surface area contributed by atoms with E-state index in [1.54, 1.807) is 7.11 Å². The Morgan fingerprint density at radius 2 is 1.87 bits per heavy atom. The van der Waals surface area contributed by atoms with Gasteiger partial charge in [0.2, 0.25) is 5.91 Å². The molecular weight excluding hydrogens is 386 g/mol. The van der Waals surface area contributed by atoms with E-state index in [2.05, 4.69) is 60.3 Å². The fourth-order valence-electron chi connectivity index (χ4n) is 4.70. The summed E-state index contributed by atoms with van der Waals surface area (Å²) in [5, 5.41) is 1.20. The minimum absolute atomic E-state index is 0.0207. The highest BCUT2D eigenvalue weighted by Crippen LogP contribution is 2.36. The highest BCUT2D eigenvalue weighted by molar-refractivity contribution is 5.88. The average Bonchev–Trinajstić information content (AvgIpc) is 3.26. The molecule has 164 valence electrons. The highest BCUT2D eigenvalue weighted by atomic mass is 16.5. The number of nitrogens with one attached hydrogen (secondary N) is 1. The minimum Gasteiger partial charge on any atom is -0.497 e. The Kier molecular flexibility index (Phi) is 6.62. The maximum absolute atomic E-state index is 13.4. The van der Waals surface area contributed by atoms with E-state index in [9.17, 15) is 4.79 Å². The molecule has 1 atom stereocenters. The standard InChI is InChI=1S/C26H33N3O2/c1-4-19-8-7-11-22-24(18-27-26(19)22)23(20-9-6-10-21(16-20)31-3)17-25(30)29-14-12-28(5-2)13-15-29/h6-11,16,18,23,27H,4-5,12-15,17H2,1-3H3. The molecule has 5 nitrogen and oxygen atoms in total. The monoisotopic (exact) mass is 419 g/mol. The predicted molar refractivity (Wildman–Crippen MR) is 126 cm³/mol. The maximum Gasteiger partial charge on any atom is 0.223 e. The van der Waals surface area contributed by atoms with Crippen LogP contribution in [0.25, 0.3) is 10.9 Å². The van der Waals surface area contributed by atoms with Crippen LogP contribution < -0.4 is 4.74 Å². The number of nitrogens with zero attached hydrogens (tertiary/aromatic N) is 2. The van der Waals surface area contributed by atoms with Crippen LogP contribution in [-0.2, 0) is 11.2 Å². The SMILES string of the molecule is CCc1cccc2c(C(CC(=O)N3CCN(CC)CC3)c3cccc(OC)c3)c[nH]c12. The Morgan fingerprint density at radius 1 is 1.10 bits per heavy atom. The summed E-state index contributed by atoms with van der Waals surface area (Å²) in [7, 11) is 1.69. The molecular formula is C26H33N3O2. The number of fused-ring (bicyclic) bond motifs is 1. The van der Waals surface area contributed by atoms with Gasteiger partial charge >= 0.3 is 0 Å². The smallest absolute Gasteiger partial charge is 0.223 e. The molecule has 0 saturated carbocycles. The van der Waals surface area contributed by atoms with Gasteiger partial charge in [0.15, 0.2) is 0 Å². The zero-order valence-corrected chi connectivity index (χ0v) is 18.9. The van der Waals surface area contributed by atoms with Crippen molar-refractivity contribution in [2.45, 2.75) is 32.6 Å². The lowest BCUT2D eigenvalue weighted by Crippen LogP contribution is -2.48. The van der Waals surface area contributed by atoms with Crippen molar-refractivity contribution in [2.24, 2.45) is 0 Å². The van der Waals surface area contributed by atoms with E-state index in [0.717, 1.165) is 50.5 Å². The molecule has 1 unspecified atom stereocenters. The zero-order chi connectivity index (χ0) is 21.8. The first-order valence-electron chi connectivity index (χ1n) is 11.4. The van der Waals surface area contributed by atoms with Gasteiger partial charge in [0.05, 0.1) is 7.11 Å². The molecule has 0 aliphatic carbocycles. The van der Waals surface area contributed by atoms with Crippen LogP contribution in [0.1, 0.15) is 42.9 Å². The van der Waals surface area contributed by atoms with E-state index >= 15 is 0 Å². The van der Waals surface area contributed by atoms with E-state index in [4.69, 9.17) is 4.74 Å². The second-order valence-electron chi connectivity index (χ2n) is 8.29. The molecule has 1 fully saturated rings. The van der Waals surface area contributed by atoms with Crippen LogP contribution in [0.4, 0.5) is 0 Å². The number of para-hydroxylation sites is 1. The summed E-state index contributed by atoms with van der Waals surface area (Å²) in [6, 6.07) is 14.6. The Labute approximate surface area is 185 Å². The van der Waals surface area contributed by atoms with Gasteiger partial charge in [0.1, 0.15) is 5.75 Å². The van der Waals surface area contributed by atoms with Gasteiger partial charge in [0.25, 0.3) is 0 Å². The molecule has 31 heavy (non-hydrogen) atoms. The molecule has 2 aromatic carbocycles. The molecule has 1 saturated heterocycles. The molecule has 1 N–H and O–H groups in total. The fraction of sp³-hybridized carbons (Fsp3) is 0.423. The minimum atomic E-state index is -0.0207.